The van der Waals surface area contributed by atoms with Gasteiger partial charge in [-0.1, -0.05) is 0 Å². The van der Waals surface area contributed by atoms with Crippen LogP contribution in [0.2, 0.25) is 0 Å². The van der Waals surface area contributed by atoms with Crippen molar-refractivity contribution in [2.45, 2.75) is 13.8 Å². The van der Waals surface area contributed by atoms with E-state index >= 15 is 0 Å². The van der Waals surface area contributed by atoms with Crippen LogP contribution in [-0.4, -0.2) is 27.7 Å². The number of carbonyl (C=O) groups excluding carboxylic acids is 1. The summed E-state index contributed by atoms with van der Waals surface area (Å²) in [6.07, 6.45) is 3.54. The van der Waals surface area contributed by atoms with Gasteiger partial charge in [0.25, 0.3) is 5.91 Å². The highest BCUT2D eigenvalue weighted by Crippen LogP contribution is 2.24. The van der Waals surface area contributed by atoms with E-state index in [1.54, 1.807) is 37.5 Å². The van der Waals surface area contributed by atoms with Gasteiger partial charge in [0.2, 0.25) is 0 Å². The van der Waals surface area contributed by atoms with Crippen molar-refractivity contribution in [3.63, 3.8) is 0 Å². The fraction of sp³-hybridized carbons (Fsp3) is 0.150. The summed E-state index contributed by atoms with van der Waals surface area (Å²) in [5.41, 5.74) is 3.32. The average Bonchev–Trinajstić information content (AvgIpc) is 3.09. The first-order valence-electron chi connectivity index (χ1n) is 8.45. The number of aromatic nitrogens is 2. The van der Waals surface area contributed by atoms with Gasteiger partial charge in [-0.15, -0.1) is 0 Å². The topological polar surface area (TPSA) is 68.2 Å². The molecule has 0 fully saturated rings. The molecule has 1 aromatic heterocycles. The first kappa shape index (κ1) is 19.5. The van der Waals surface area contributed by atoms with Gasteiger partial charge in [-0.25, -0.2) is 9.37 Å². The van der Waals surface area contributed by atoms with E-state index in [2.05, 4.69) is 15.6 Å². The molecular weight excluding hydrogens is 379 g/mol. The standard InChI is InChI=1S/C20H19FN4O2S/c1-12-8-15(21)5-6-16(12)23-20(28)24-19(26)14-4-7-17(18(9-14)27-3)25-10-13(2)22-11-25/h4-11H,1-3H3,(H2,23,24,26,28). The second kappa shape index (κ2) is 8.18. The van der Waals surface area contributed by atoms with E-state index in [1.807, 2.05) is 17.7 Å². The Kier molecular flexibility index (Phi) is 5.70. The molecule has 0 saturated carbocycles. The summed E-state index contributed by atoms with van der Waals surface area (Å²) in [5.74, 6) is -0.194. The molecule has 8 heteroatoms. The molecule has 144 valence electrons. The van der Waals surface area contributed by atoms with Gasteiger partial charge in [-0.3, -0.25) is 10.1 Å². The van der Waals surface area contributed by atoms with Crippen LogP contribution in [0.15, 0.2) is 48.9 Å². The number of aryl methyl sites for hydroxylation is 2. The minimum Gasteiger partial charge on any atom is -0.495 e. The zero-order valence-electron chi connectivity index (χ0n) is 15.6. The number of carbonyl (C=O) groups is 1. The zero-order valence-corrected chi connectivity index (χ0v) is 16.4. The largest absolute Gasteiger partial charge is 0.495 e. The molecule has 28 heavy (non-hydrogen) atoms. The summed E-state index contributed by atoms with van der Waals surface area (Å²) < 4.78 is 20.4. The average molecular weight is 398 g/mol. The summed E-state index contributed by atoms with van der Waals surface area (Å²) in [4.78, 5) is 16.7. The molecule has 0 atom stereocenters. The highest BCUT2D eigenvalue weighted by Gasteiger charge is 2.13. The molecule has 0 spiro atoms. The number of imidazole rings is 1. The van der Waals surface area contributed by atoms with E-state index in [1.165, 1.54) is 19.2 Å². The Balaban J connectivity index is 1.74. The molecule has 3 aromatic rings. The first-order valence-corrected chi connectivity index (χ1v) is 8.85. The Morgan fingerprint density at radius 2 is 2.00 bits per heavy atom. The number of hydrogen-bond acceptors (Lipinski definition) is 4. The smallest absolute Gasteiger partial charge is 0.257 e. The number of halogens is 1. The van der Waals surface area contributed by atoms with Gasteiger partial charge < -0.3 is 14.6 Å². The summed E-state index contributed by atoms with van der Waals surface area (Å²) in [7, 11) is 1.54. The van der Waals surface area contributed by atoms with Gasteiger partial charge >= 0.3 is 0 Å². The van der Waals surface area contributed by atoms with Crippen molar-refractivity contribution >= 4 is 28.9 Å². The van der Waals surface area contributed by atoms with Crippen LogP contribution in [0, 0.1) is 19.7 Å². The third-order valence-corrected chi connectivity index (χ3v) is 4.30. The number of benzene rings is 2. The maximum absolute atomic E-state index is 13.2. The molecule has 2 N–H and O–H groups in total. The number of amides is 1. The van der Waals surface area contributed by atoms with Crippen molar-refractivity contribution in [2.75, 3.05) is 12.4 Å². The Labute approximate surface area is 167 Å². The number of hydrogen-bond donors (Lipinski definition) is 2. The number of ether oxygens (including phenoxy) is 1. The molecule has 1 amide bonds. The molecule has 2 aromatic carbocycles. The Bertz CT molecular complexity index is 1050. The second-order valence-corrected chi connectivity index (χ2v) is 6.58. The molecule has 0 saturated heterocycles. The number of thiocarbonyl (C=S) groups is 1. The summed E-state index contributed by atoms with van der Waals surface area (Å²) in [5, 5.41) is 5.63. The lowest BCUT2D eigenvalue weighted by molar-refractivity contribution is 0.0977. The van der Waals surface area contributed by atoms with Crippen LogP contribution in [0.5, 0.6) is 5.75 Å². The quantitative estimate of drug-likeness (QED) is 0.655. The van der Waals surface area contributed by atoms with Gasteiger partial charge in [-0.05, 0) is 68.0 Å². The van der Waals surface area contributed by atoms with Crippen LogP contribution in [-0.2, 0) is 0 Å². The van der Waals surface area contributed by atoms with Crippen LogP contribution in [0.4, 0.5) is 10.1 Å². The number of rotatable bonds is 4. The Morgan fingerprint density at radius 3 is 2.64 bits per heavy atom. The Morgan fingerprint density at radius 1 is 1.21 bits per heavy atom. The first-order chi connectivity index (χ1) is 13.4. The molecule has 3 rings (SSSR count). The maximum Gasteiger partial charge on any atom is 0.257 e. The number of anilines is 1. The number of nitrogens with zero attached hydrogens (tertiary/aromatic N) is 2. The third-order valence-electron chi connectivity index (χ3n) is 4.10. The molecule has 0 bridgehead atoms. The van der Waals surface area contributed by atoms with E-state index in [0.717, 1.165) is 11.4 Å². The van der Waals surface area contributed by atoms with Crippen LogP contribution in [0.1, 0.15) is 21.6 Å². The monoisotopic (exact) mass is 398 g/mol. The second-order valence-electron chi connectivity index (χ2n) is 6.18. The predicted molar refractivity (Wildman–Crippen MR) is 110 cm³/mol. The minimum absolute atomic E-state index is 0.119. The molecule has 6 nitrogen and oxygen atoms in total. The van der Waals surface area contributed by atoms with Gasteiger partial charge in [-0.2, -0.15) is 0 Å². The van der Waals surface area contributed by atoms with Gasteiger partial charge in [0.1, 0.15) is 11.6 Å². The van der Waals surface area contributed by atoms with Gasteiger partial charge in [0.15, 0.2) is 5.11 Å². The number of methoxy groups -OCH3 is 1. The molecule has 0 aliphatic rings. The predicted octanol–water partition coefficient (Wildman–Crippen LogP) is 3.76. The fourth-order valence-corrected chi connectivity index (χ4v) is 2.88. The third kappa shape index (κ3) is 4.34. The Hall–Kier alpha value is -3.26. The molecule has 0 aliphatic heterocycles. The highest BCUT2D eigenvalue weighted by atomic mass is 32.1. The van der Waals surface area contributed by atoms with Crippen LogP contribution >= 0.6 is 12.2 Å². The minimum atomic E-state index is -0.385. The zero-order chi connectivity index (χ0) is 20.3. The molecule has 0 unspecified atom stereocenters. The van der Waals surface area contributed by atoms with Crippen molar-refractivity contribution < 1.29 is 13.9 Å². The van der Waals surface area contributed by atoms with E-state index in [0.29, 0.717) is 22.6 Å². The van der Waals surface area contributed by atoms with E-state index in [-0.39, 0.29) is 16.8 Å². The van der Waals surface area contributed by atoms with Gasteiger partial charge in [0, 0.05) is 17.4 Å². The van der Waals surface area contributed by atoms with Crippen molar-refractivity contribution in [2.24, 2.45) is 0 Å². The fourth-order valence-electron chi connectivity index (χ4n) is 2.68. The van der Waals surface area contributed by atoms with Crippen LogP contribution in [0.25, 0.3) is 5.69 Å². The maximum atomic E-state index is 13.2. The van der Waals surface area contributed by atoms with E-state index < -0.39 is 0 Å². The van der Waals surface area contributed by atoms with Crippen molar-refractivity contribution in [3.05, 3.63) is 71.6 Å². The molecule has 0 aliphatic carbocycles. The summed E-state index contributed by atoms with van der Waals surface area (Å²) in [6, 6.07) is 9.35. The lowest BCUT2D eigenvalue weighted by atomic mass is 10.1. The molecule has 0 radical (unpaired) electrons. The van der Waals surface area contributed by atoms with Crippen molar-refractivity contribution in [1.29, 1.82) is 0 Å². The van der Waals surface area contributed by atoms with Gasteiger partial charge in [0.05, 0.1) is 24.8 Å². The molecule has 1 heterocycles. The summed E-state index contributed by atoms with van der Waals surface area (Å²) >= 11 is 5.19. The highest BCUT2D eigenvalue weighted by molar-refractivity contribution is 7.80. The number of nitrogens with one attached hydrogen (secondary N) is 2. The van der Waals surface area contributed by atoms with Crippen LogP contribution in [0.3, 0.4) is 0 Å². The van der Waals surface area contributed by atoms with E-state index in [9.17, 15) is 9.18 Å². The van der Waals surface area contributed by atoms with Crippen molar-refractivity contribution in [1.82, 2.24) is 14.9 Å². The van der Waals surface area contributed by atoms with Crippen molar-refractivity contribution in [3.8, 4) is 11.4 Å². The summed E-state index contributed by atoms with van der Waals surface area (Å²) in [6.45, 7) is 3.64. The SMILES string of the molecule is COc1cc(C(=O)NC(=S)Nc2ccc(F)cc2C)ccc1-n1cnc(C)c1. The molecular formula is C20H19FN4O2S. The lowest BCUT2D eigenvalue weighted by Gasteiger charge is -2.13. The lowest BCUT2D eigenvalue weighted by Crippen LogP contribution is -2.34. The van der Waals surface area contributed by atoms with Crippen LogP contribution < -0.4 is 15.4 Å². The van der Waals surface area contributed by atoms with E-state index in [4.69, 9.17) is 17.0 Å². The normalized spacial score (nSPS) is 10.4.